The van der Waals surface area contributed by atoms with Gasteiger partial charge < -0.3 is 5.32 Å². The van der Waals surface area contributed by atoms with Gasteiger partial charge in [-0.25, -0.2) is 4.98 Å². The van der Waals surface area contributed by atoms with Crippen molar-refractivity contribution in [1.82, 2.24) is 9.97 Å². The normalized spacial score (nSPS) is 12.5. The van der Waals surface area contributed by atoms with E-state index in [-0.39, 0.29) is 0 Å². The SMILES string of the molecule is CCCC(CC)Nc1cnc(C)c(C)n1. The number of rotatable bonds is 5. The molecule has 0 saturated carbocycles. The van der Waals surface area contributed by atoms with Crippen molar-refractivity contribution in [2.45, 2.75) is 53.0 Å². The van der Waals surface area contributed by atoms with Crippen molar-refractivity contribution < 1.29 is 0 Å². The Labute approximate surface area is 92.3 Å². The van der Waals surface area contributed by atoms with Gasteiger partial charge in [0.2, 0.25) is 0 Å². The van der Waals surface area contributed by atoms with E-state index in [2.05, 4.69) is 29.1 Å². The molecule has 0 amide bonds. The fourth-order valence-corrected chi connectivity index (χ4v) is 1.55. The molecule has 0 aliphatic rings. The molecule has 0 saturated heterocycles. The molecule has 3 nitrogen and oxygen atoms in total. The summed E-state index contributed by atoms with van der Waals surface area (Å²) in [5.41, 5.74) is 2.01. The summed E-state index contributed by atoms with van der Waals surface area (Å²) in [5, 5.41) is 3.42. The molecule has 0 spiro atoms. The molecule has 0 bridgehead atoms. The predicted octanol–water partition coefficient (Wildman–Crippen LogP) is 3.08. The Kier molecular flexibility index (Phi) is 4.53. The zero-order chi connectivity index (χ0) is 11.3. The molecule has 84 valence electrons. The van der Waals surface area contributed by atoms with Crippen molar-refractivity contribution in [3.05, 3.63) is 17.6 Å². The molecule has 1 aromatic rings. The van der Waals surface area contributed by atoms with Gasteiger partial charge in [-0.2, -0.15) is 0 Å². The maximum Gasteiger partial charge on any atom is 0.145 e. The average molecular weight is 207 g/mol. The van der Waals surface area contributed by atoms with E-state index in [9.17, 15) is 0 Å². The molecule has 1 atom stereocenters. The summed E-state index contributed by atoms with van der Waals surface area (Å²) < 4.78 is 0. The molecule has 1 aromatic heterocycles. The van der Waals surface area contributed by atoms with Gasteiger partial charge in [0, 0.05) is 6.04 Å². The van der Waals surface area contributed by atoms with E-state index < -0.39 is 0 Å². The Morgan fingerprint density at radius 3 is 2.53 bits per heavy atom. The highest BCUT2D eigenvalue weighted by atomic mass is 15.0. The number of aromatic nitrogens is 2. The number of hydrogen-bond donors (Lipinski definition) is 1. The summed E-state index contributed by atoms with van der Waals surface area (Å²) in [4.78, 5) is 8.77. The van der Waals surface area contributed by atoms with Gasteiger partial charge in [0.15, 0.2) is 0 Å². The van der Waals surface area contributed by atoms with E-state index in [1.54, 1.807) is 0 Å². The van der Waals surface area contributed by atoms with Crippen LogP contribution < -0.4 is 5.32 Å². The first-order chi connectivity index (χ1) is 7.17. The van der Waals surface area contributed by atoms with Gasteiger partial charge in [0.1, 0.15) is 5.82 Å². The van der Waals surface area contributed by atoms with Crippen molar-refractivity contribution in [3.8, 4) is 0 Å². The van der Waals surface area contributed by atoms with Crippen LogP contribution in [0.15, 0.2) is 6.20 Å². The van der Waals surface area contributed by atoms with Crippen molar-refractivity contribution in [2.75, 3.05) is 5.32 Å². The van der Waals surface area contributed by atoms with Crippen molar-refractivity contribution in [3.63, 3.8) is 0 Å². The molecular weight excluding hydrogens is 186 g/mol. The van der Waals surface area contributed by atoms with Gasteiger partial charge in [0.05, 0.1) is 17.6 Å². The van der Waals surface area contributed by atoms with Crippen LogP contribution in [0.1, 0.15) is 44.5 Å². The summed E-state index contributed by atoms with van der Waals surface area (Å²) >= 11 is 0. The largest absolute Gasteiger partial charge is 0.366 e. The van der Waals surface area contributed by atoms with Crippen LogP contribution in [0.5, 0.6) is 0 Å². The highest BCUT2D eigenvalue weighted by Crippen LogP contribution is 2.11. The molecule has 1 unspecified atom stereocenters. The van der Waals surface area contributed by atoms with Gasteiger partial charge >= 0.3 is 0 Å². The van der Waals surface area contributed by atoms with E-state index in [0.29, 0.717) is 6.04 Å². The highest BCUT2D eigenvalue weighted by Gasteiger charge is 2.06. The Hall–Kier alpha value is -1.12. The van der Waals surface area contributed by atoms with Crippen LogP contribution in [-0.4, -0.2) is 16.0 Å². The fourth-order valence-electron chi connectivity index (χ4n) is 1.55. The summed E-state index contributed by atoms with van der Waals surface area (Å²) in [6, 6.07) is 0.520. The van der Waals surface area contributed by atoms with Crippen molar-refractivity contribution in [1.29, 1.82) is 0 Å². The lowest BCUT2D eigenvalue weighted by Crippen LogP contribution is -2.19. The molecule has 1 rings (SSSR count). The third kappa shape index (κ3) is 3.50. The maximum atomic E-state index is 4.47. The number of hydrogen-bond acceptors (Lipinski definition) is 3. The van der Waals surface area contributed by atoms with E-state index in [0.717, 1.165) is 23.6 Å². The number of anilines is 1. The number of nitrogens with zero attached hydrogens (tertiary/aromatic N) is 2. The van der Waals surface area contributed by atoms with Crippen molar-refractivity contribution >= 4 is 5.82 Å². The first-order valence-corrected chi connectivity index (χ1v) is 5.74. The van der Waals surface area contributed by atoms with Crippen LogP contribution in [0.3, 0.4) is 0 Å². The van der Waals surface area contributed by atoms with E-state index in [4.69, 9.17) is 0 Å². The van der Waals surface area contributed by atoms with E-state index in [1.165, 1.54) is 12.8 Å². The summed E-state index contributed by atoms with van der Waals surface area (Å²) in [6.07, 6.45) is 5.33. The molecule has 15 heavy (non-hydrogen) atoms. The zero-order valence-corrected chi connectivity index (χ0v) is 10.2. The van der Waals surface area contributed by atoms with Crippen LogP contribution in [0.4, 0.5) is 5.82 Å². The van der Waals surface area contributed by atoms with Gasteiger partial charge in [-0.05, 0) is 26.7 Å². The molecule has 1 N–H and O–H groups in total. The standard InChI is InChI=1S/C12H21N3/c1-5-7-11(6-2)15-12-8-13-9(3)10(4)14-12/h8,11H,5-7H2,1-4H3,(H,14,15). The second-order valence-corrected chi connectivity index (χ2v) is 3.96. The Morgan fingerprint density at radius 1 is 1.27 bits per heavy atom. The lowest BCUT2D eigenvalue weighted by molar-refractivity contribution is 0.619. The van der Waals surface area contributed by atoms with Crippen LogP contribution in [0.25, 0.3) is 0 Å². The fraction of sp³-hybridized carbons (Fsp3) is 0.667. The highest BCUT2D eigenvalue weighted by molar-refractivity contribution is 5.34. The zero-order valence-electron chi connectivity index (χ0n) is 10.2. The predicted molar refractivity (Wildman–Crippen MR) is 64.1 cm³/mol. The summed E-state index contributed by atoms with van der Waals surface area (Å²) in [6.45, 7) is 8.38. The Morgan fingerprint density at radius 2 is 2.00 bits per heavy atom. The molecule has 0 fully saturated rings. The van der Waals surface area contributed by atoms with E-state index in [1.807, 2.05) is 20.0 Å². The van der Waals surface area contributed by atoms with Gasteiger partial charge in [-0.1, -0.05) is 20.3 Å². The third-order valence-corrected chi connectivity index (χ3v) is 2.67. The average Bonchev–Trinajstić information content (AvgIpc) is 2.23. The minimum absolute atomic E-state index is 0.520. The molecule has 0 aliphatic carbocycles. The smallest absolute Gasteiger partial charge is 0.145 e. The molecule has 0 aromatic carbocycles. The first-order valence-electron chi connectivity index (χ1n) is 5.74. The Bertz CT molecular complexity index is 310. The number of aryl methyl sites for hydroxylation is 2. The summed E-state index contributed by atoms with van der Waals surface area (Å²) in [7, 11) is 0. The summed E-state index contributed by atoms with van der Waals surface area (Å²) in [5.74, 6) is 0.901. The van der Waals surface area contributed by atoms with Crippen molar-refractivity contribution in [2.24, 2.45) is 0 Å². The topological polar surface area (TPSA) is 37.8 Å². The molecular formula is C12H21N3. The first kappa shape index (κ1) is 12.0. The second-order valence-electron chi connectivity index (χ2n) is 3.96. The minimum atomic E-state index is 0.520. The van der Waals surface area contributed by atoms with Crippen LogP contribution >= 0.6 is 0 Å². The minimum Gasteiger partial charge on any atom is -0.366 e. The van der Waals surface area contributed by atoms with Crippen LogP contribution in [0.2, 0.25) is 0 Å². The molecule has 1 heterocycles. The monoisotopic (exact) mass is 207 g/mol. The maximum absolute atomic E-state index is 4.47. The quantitative estimate of drug-likeness (QED) is 0.806. The van der Waals surface area contributed by atoms with E-state index >= 15 is 0 Å². The lowest BCUT2D eigenvalue weighted by atomic mass is 10.1. The third-order valence-electron chi connectivity index (χ3n) is 2.67. The van der Waals surface area contributed by atoms with Gasteiger partial charge in [0.25, 0.3) is 0 Å². The second kappa shape index (κ2) is 5.69. The van der Waals surface area contributed by atoms with Gasteiger partial charge in [-0.15, -0.1) is 0 Å². The molecule has 0 aliphatic heterocycles. The molecule has 3 heteroatoms. The number of nitrogens with one attached hydrogen (secondary N) is 1. The van der Waals surface area contributed by atoms with Gasteiger partial charge in [-0.3, -0.25) is 4.98 Å². The van der Waals surface area contributed by atoms with Crippen LogP contribution in [-0.2, 0) is 0 Å². The lowest BCUT2D eigenvalue weighted by Gasteiger charge is -2.16. The Balaban J connectivity index is 2.66. The van der Waals surface area contributed by atoms with Crippen LogP contribution in [0, 0.1) is 13.8 Å². The molecule has 0 radical (unpaired) electrons.